The Morgan fingerprint density at radius 3 is 2.59 bits per heavy atom. The summed E-state index contributed by atoms with van der Waals surface area (Å²) < 4.78 is 5.26. The van der Waals surface area contributed by atoms with Gasteiger partial charge in [-0.05, 0) is 50.6 Å². The minimum atomic E-state index is -1.10. The number of carbonyl (C=O) groups excluding carboxylic acids is 2. The Morgan fingerprint density at radius 2 is 1.93 bits per heavy atom. The topological polar surface area (TPSA) is 114 Å². The lowest BCUT2D eigenvalue weighted by Crippen LogP contribution is -2.30. The highest BCUT2D eigenvalue weighted by Crippen LogP contribution is 2.27. The molecule has 29 heavy (non-hydrogen) atoms. The van der Waals surface area contributed by atoms with Crippen LogP contribution in [0.15, 0.2) is 36.4 Å². The Morgan fingerprint density at radius 1 is 1.21 bits per heavy atom. The highest BCUT2D eigenvalue weighted by atomic mass is 35.5. The van der Waals surface area contributed by atoms with Crippen molar-refractivity contribution >= 4 is 45.8 Å². The fraction of sp³-hybridized carbons (Fsp3) is 0.200. The lowest BCUT2D eigenvalue weighted by molar-refractivity contribution is -0.384. The van der Waals surface area contributed by atoms with Crippen molar-refractivity contribution in [2.45, 2.75) is 26.9 Å². The summed E-state index contributed by atoms with van der Waals surface area (Å²) >= 11 is 5.97. The van der Waals surface area contributed by atoms with Crippen molar-refractivity contribution in [1.82, 2.24) is 4.98 Å². The Bertz CT molecular complexity index is 1140. The Hall–Kier alpha value is -3.39. The number of esters is 1. The summed E-state index contributed by atoms with van der Waals surface area (Å²) in [5.41, 5.74) is 3.28. The number of aromatic amines is 1. The van der Waals surface area contributed by atoms with Crippen LogP contribution in [-0.4, -0.2) is 27.9 Å². The van der Waals surface area contributed by atoms with Gasteiger partial charge in [-0.15, -0.1) is 0 Å². The third kappa shape index (κ3) is 4.22. The van der Waals surface area contributed by atoms with Gasteiger partial charge >= 0.3 is 5.97 Å². The van der Waals surface area contributed by atoms with Gasteiger partial charge in [0.05, 0.1) is 21.2 Å². The molecule has 0 aliphatic carbocycles. The van der Waals surface area contributed by atoms with Crippen molar-refractivity contribution in [2.24, 2.45) is 0 Å². The van der Waals surface area contributed by atoms with E-state index in [1.54, 1.807) is 18.2 Å². The van der Waals surface area contributed by atoms with Gasteiger partial charge in [0.1, 0.15) is 0 Å². The number of hydrogen-bond donors (Lipinski definition) is 2. The van der Waals surface area contributed by atoms with Crippen LogP contribution in [0.25, 0.3) is 10.9 Å². The van der Waals surface area contributed by atoms with Crippen LogP contribution >= 0.6 is 11.6 Å². The molecule has 0 aliphatic rings. The maximum atomic E-state index is 12.4. The predicted octanol–water partition coefficient (Wildman–Crippen LogP) is 4.53. The van der Waals surface area contributed by atoms with E-state index < -0.39 is 22.9 Å². The van der Waals surface area contributed by atoms with Crippen LogP contribution in [0.3, 0.4) is 0 Å². The molecule has 0 radical (unpaired) electrons. The molecule has 8 nitrogen and oxygen atoms in total. The molecule has 0 fully saturated rings. The highest BCUT2D eigenvalue weighted by molar-refractivity contribution is 6.34. The van der Waals surface area contributed by atoms with E-state index in [0.29, 0.717) is 5.56 Å². The monoisotopic (exact) mass is 415 g/mol. The molecule has 3 aromatic rings. The zero-order valence-electron chi connectivity index (χ0n) is 15.9. The molecule has 2 N–H and O–H groups in total. The molecule has 1 heterocycles. The van der Waals surface area contributed by atoms with Crippen LogP contribution in [0.4, 0.5) is 11.4 Å². The van der Waals surface area contributed by atoms with Crippen LogP contribution in [0, 0.1) is 24.0 Å². The minimum Gasteiger partial charge on any atom is -0.449 e. The summed E-state index contributed by atoms with van der Waals surface area (Å²) in [6.45, 7) is 5.33. The number of benzene rings is 2. The second-order valence-electron chi connectivity index (χ2n) is 6.59. The van der Waals surface area contributed by atoms with Crippen molar-refractivity contribution in [3.63, 3.8) is 0 Å². The predicted molar refractivity (Wildman–Crippen MR) is 109 cm³/mol. The standard InChI is InChI=1S/C20H18ClN3O5/c1-10-11(2)22-17-6-4-13(8-15(10)17)20(26)29-12(3)19(25)23-18-7-5-14(24(27)28)9-16(18)21/h4-9,12,22H,1-3H3,(H,23,25). The summed E-state index contributed by atoms with van der Waals surface area (Å²) in [5.74, 6) is -1.24. The molecule has 0 saturated carbocycles. The SMILES string of the molecule is Cc1[nH]c2ccc(C(=O)OC(C)C(=O)Nc3ccc([N+](=O)[O-])cc3Cl)cc2c1C. The van der Waals surface area contributed by atoms with Gasteiger partial charge in [-0.25, -0.2) is 4.79 Å². The summed E-state index contributed by atoms with van der Waals surface area (Å²) in [5, 5.41) is 14.2. The second-order valence-corrected chi connectivity index (χ2v) is 7.00. The second kappa shape index (κ2) is 7.92. The summed E-state index contributed by atoms with van der Waals surface area (Å²) in [4.78, 5) is 38.2. The van der Waals surface area contributed by atoms with Gasteiger partial charge in [0.15, 0.2) is 6.10 Å². The van der Waals surface area contributed by atoms with Gasteiger partial charge in [0.25, 0.3) is 11.6 Å². The fourth-order valence-electron chi connectivity index (χ4n) is 2.82. The molecule has 1 atom stereocenters. The third-order valence-electron chi connectivity index (χ3n) is 4.62. The van der Waals surface area contributed by atoms with Crippen LogP contribution < -0.4 is 5.32 Å². The number of nitro groups is 1. The van der Waals surface area contributed by atoms with Crippen molar-refractivity contribution in [2.75, 3.05) is 5.32 Å². The first-order chi connectivity index (χ1) is 13.7. The van der Waals surface area contributed by atoms with E-state index in [9.17, 15) is 19.7 Å². The molecule has 0 saturated heterocycles. The number of nitro benzene ring substituents is 1. The normalized spacial score (nSPS) is 11.9. The number of halogens is 1. The molecule has 3 rings (SSSR count). The smallest absolute Gasteiger partial charge is 0.338 e. The number of fused-ring (bicyclic) bond motifs is 1. The summed E-state index contributed by atoms with van der Waals surface area (Å²) in [6, 6.07) is 8.79. The number of hydrogen-bond acceptors (Lipinski definition) is 5. The molecular weight excluding hydrogens is 398 g/mol. The number of ether oxygens (including phenoxy) is 1. The lowest BCUT2D eigenvalue weighted by atomic mass is 10.1. The first-order valence-corrected chi connectivity index (χ1v) is 9.10. The van der Waals surface area contributed by atoms with Gasteiger partial charge in [-0.3, -0.25) is 14.9 Å². The van der Waals surface area contributed by atoms with Crippen molar-refractivity contribution in [3.05, 3.63) is 68.4 Å². The number of nitrogens with zero attached hydrogens (tertiary/aromatic N) is 1. The number of carbonyl (C=O) groups is 2. The summed E-state index contributed by atoms with van der Waals surface area (Å²) in [7, 11) is 0. The number of aromatic nitrogens is 1. The zero-order chi connectivity index (χ0) is 21.3. The molecule has 0 spiro atoms. The Kier molecular flexibility index (Phi) is 5.56. The van der Waals surface area contributed by atoms with Crippen LogP contribution in [0.5, 0.6) is 0 Å². The molecule has 150 valence electrons. The first kappa shape index (κ1) is 20.3. The number of rotatable bonds is 5. The van der Waals surface area contributed by atoms with Crippen molar-refractivity contribution in [1.29, 1.82) is 0 Å². The van der Waals surface area contributed by atoms with Crippen molar-refractivity contribution in [3.8, 4) is 0 Å². The van der Waals surface area contributed by atoms with E-state index in [0.717, 1.165) is 28.2 Å². The van der Waals surface area contributed by atoms with E-state index in [-0.39, 0.29) is 16.4 Å². The van der Waals surface area contributed by atoms with E-state index in [4.69, 9.17) is 16.3 Å². The van der Waals surface area contributed by atoms with Crippen LogP contribution in [0.2, 0.25) is 5.02 Å². The first-order valence-electron chi connectivity index (χ1n) is 8.72. The zero-order valence-corrected chi connectivity index (χ0v) is 16.7. The number of nitrogens with one attached hydrogen (secondary N) is 2. The average Bonchev–Trinajstić information content (AvgIpc) is 2.96. The third-order valence-corrected chi connectivity index (χ3v) is 4.93. The van der Waals surface area contributed by atoms with Crippen molar-refractivity contribution < 1.29 is 19.2 Å². The average molecular weight is 416 g/mol. The maximum absolute atomic E-state index is 12.4. The Labute approximate surface area is 171 Å². The number of non-ortho nitro benzene ring substituents is 1. The molecule has 1 amide bonds. The Balaban J connectivity index is 1.70. The van der Waals surface area contributed by atoms with E-state index >= 15 is 0 Å². The highest BCUT2D eigenvalue weighted by Gasteiger charge is 2.21. The molecule has 1 aromatic heterocycles. The van der Waals surface area contributed by atoms with E-state index in [2.05, 4.69) is 10.3 Å². The molecular formula is C20H18ClN3O5. The lowest BCUT2D eigenvalue weighted by Gasteiger charge is -2.14. The van der Waals surface area contributed by atoms with E-state index in [1.807, 2.05) is 13.8 Å². The summed E-state index contributed by atoms with van der Waals surface area (Å²) in [6.07, 6.45) is -1.10. The number of H-pyrrole nitrogens is 1. The number of anilines is 1. The molecule has 2 aromatic carbocycles. The van der Waals surface area contributed by atoms with Gasteiger partial charge in [-0.1, -0.05) is 11.6 Å². The molecule has 9 heteroatoms. The largest absolute Gasteiger partial charge is 0.449 e. The van der Waals surface area contributed by atoms with Crippen LogP contribution in [0.1, 0.15) is 28.5 Å². The molecule has 1 unspecified atom stereocenters. The maximum Gasteiger partial charge on any atom is 0.338 e. The van der Waals surface area contributed by atoms with Crippen LogP contribution in [-0.2, 0) is 9.53 Å². The van der Waals surface area contributed by atoms with Gasteiger partial charge in [-0.2, -0.15) is 0 Å². The van der Waals surface area contributed by atoms with E-state index in [1.165, 1.54) is 19.1 Å². The van der Waals surface area contributed by atoms with Gasteiger partial charge in [0.2, 0.25) is 0 Å². The minimum absolute atomic E-state index is 0.00910. The fourth-order valence-corrected chi connectivity index (χ4v) is 3.05. The quantitative estimate of drug-likeness (QED) is 0.361. The van der Waals surface area contributed by atoms with Gasteiger partial charge < -0.3 is 15.0 Å². The molecule has 0 bridgehead atoms. The van der Waals surface area contributed by atoms with Gasteiger partial charge in [0, 0.05) is 28.7 Å². The number of amides is 1. The molecule has 0 aliphatic heterocycles. The number of aryl methyl sites for hydroxylation is 2.